The van der Waals surface area contributed by atoms with Crippen molar-refractivity contribution in [3.05, 3.63) is 67.3 Å². The molecule has 0 spiro atoms. The molecule has 0 bridgehead atoms. The Morgan fingerprint density at radius 1 is 1.25 bits per heavy atom. The highest BCUT2D eigenvalue weighted by Gasteiger charge is 2.25. The van der Waals surface area contributed by atoms with E-state index in [0.717, 1.165) is 15.6 Å². The van der Waals surface area contributed by atoms with Crippen molar-refractivity contribution in [2.45, 2.75) is 18.9 Å². The molecule has 2 N–H and O–H groups in total. The van der Waals surface area contributed by atoms with Crippen LogP contribution in [0.15, 0.2) is 45.3 Å². The molecule has 0 aliphatic carbocycles. The quantitative estimate of drug-likeness (QED) is 0.704. The molecule has 106 valence electrons. The number of hydrogen-bond acceptors (Lipinski definition) is 1. The predicted molar refractivity (Wildman–Crippen MR) is 88.5 cm³/mol. The summed E-state index contributed by atoms with van der Waals surface area (Å²) in [5.41, 5.74) is 7.36. The summed E-state index contributed by atoms with van der Waals surface area (Å²) in [4.78, 5) is 0. The third-order valence-electron chi connectivity index (χ3n) is 3.14. The van der Waals surface area contributed by atoms with Gasteiger partial charge in [0.15, 0.2) is 0 Å². The number of halogens is 4. The normalized spacial score (nSPS) is 14.1. The van der Waals surface area contributed by atoms with E-state index >= 15 is 0 Å². The molecule has 0 aliphatic heterocycles. The second-order valence-corrected chi connectivity index (χ2v) is 7.05. The summed E-state index contributed by atoms with van der Waals surface area (Å²) in [6.45, 7) is 1.89. The maximum Gasteiger partial charge on any atom is 0.137 e. The molecule has 2 rings (SSSR count). The first-order valence-corrected chi connectivity index (χ1v) is 7.95. The van der Waals surface area contributed by atoms with Crippen LogP contribution in [0.2, 0.25) is 5.02 Å². The van der Waals surface area contributed by atoms with Gasteiger partial charge in [0.1, 0.15) is 5.82 Å². The lowest BCUT2D eigenvalue weighted by molar-refractivity contribution is 0.488. The summed E-state index contributed by atoms with van der Waals surface area (Å²) in [5, 5.41) is 0.594. The van der Waals surface area contributed by atoms with Gasteiger partial charge in [-0.05, 0) is 58.6 Å². The van der Waals surface area contributed by atoms with Gasteiger partial charge in [-0.25, -0.2) is 4.39 Å². The van der Waals surface area contributed by atoms with Crippen molar-refractivity contribution in [2.24, 2.45) is 5.73 Å². The van der Waals surface area contributed by atoms with Crippen LogP contribution in [0.4, 0.5) is 4.39 Å². The lowest BCUT2D eigenvalue weighted by Gasteiger charge is -2.27. The maximum atomic E-state index is 13.6. The Balaban J connectivity index is 2.38. The minimum atomic E-state index is -0.686. The highest BCUT2D eigenvalue weighted by atomic mass is 79.9. The van der Waals surface area contributed by atoms with Gasteiger partial charge in [-0.2, -0.15) is 0 Å². The largest absolute Gasteiger partial charge is 0.321 e. The Hall–Kier alpha value is -0.420. The van der Waals surface area contributed by atoms with Crippen LogP contribution in [0, 0.1) is 5.82 Å². The van der Waals surface area contributed by atoms with Crippen LogP contribution in [0.1, 0.15) is 18.1 Å². The van der Waals surface area contributed by atoms with Gasteiger partial charge in [-0.3, -0.25) is 0 Å². The van der Waals surface area contributed by atoms with E-state index < -0.39 is 5.54 Å². The molecule has 0 saturated heterocycles. The second kappa shape index (κ2) is 6.14. The molecule has 0 radical (unpaired) electrons. The van der Waals surface area contributed by atoms with E-state index in [4.69, 9.17) is 17.3 Å². The van der Waals surface area contributed by atoms with Gasteiger partial charge in [0.05, 0.1) is 4.47 Å². The fourth-order valence-corrected chi connectivity index (χ4v) is 3.42. The summed E-state index contributed by atoms with van der Waals surface area (Å²) >= 11 is 12.9. The van der Waals surface area contributed by atoms with E-state index in [9.17, 15) is 4.39 Å². The average molecular weight is 422 g/mol. The monoisotopic (exact) mass is 419 g/mol. The molecule has 2 aromatic carbocycles. The van der Waals surface area contributed by atoms with Gasteiger partial charge in [-0.1, -0.05) is 45.7 Å². The molecule has 0 saturated carbocycles. The molecule has 0 aromatic heterocycles. The van der Waals surface area contributed by atoms with Gasteiger partial charge < -0.3 is 5.73 Å². The van der Waals surface area contributed by atoms with Crippen molar-refractivity contribution in [1.82, 2.24) is 0 Å². The molecule has 5 heteroatoms. The standard InChI is InChI=1S/C15H13Br2ClFN/c1-15(20,11-6-5-10(16)7-12(11)18)8-9-3-2-4-13(19)14(9)17/h2-7H,8,20H2,1H3. The first-order valence-electron chi connectivity index (χ1n) is 5.98. The van der Waals surface area contributed by atoms with E-state index in [-0.39, 0.29) is 5.82 Å². The molecule has 2 aromatic rings. The molecule has 0 fully saturated rings. The van der Waals surface area contributed by atoms with Gasteiger partial charge >= 0.3 is 0 Å². The lowest BCUT2D eigenvalue weighted by atomic mass is 9.86. The van der Waals surface area contributed by atoms with Gasteiger partial charge in [0.25, 0.3) is 0 Å². The molecule has 0 aliphatic rings. The van der Waals surface area contributed by atoms with Gasteiger partial charge in [0, 0.05) is 15.0 Å². The van der Waals surface area contributed by atoms with Crippen molar-refractivity contribution in [1.29, 1.82) is 0 Å². The zero-order chi connectivity index (χ0) is 14.9. The molecule has 1 nitrogen and oxygen atoms in total. The number of rotatable bonds is 3. The Bertz CT molecular complexity index is 644. The highest BCUT2D eigenvalue weighted by Crippen LogP contribution is 2.33. The zero-order valence-electron chi connectivity index (χ0n) is 10.8. The Morgan fingerprint density at radius 2 is 1.95 bits per heavy atom. The van der Waals surface area contributed by atoms with E-state index in [1.807, 2.05) is 31.2 Å². The first kappa shape index (κ1) is 16.0. The molecule has 1 unspecified atom stereocenters. The van der Waals surface area contributed by atoms with Crippen molar-refractivity contribution in [3.63, 3.8) is 0 Å². The van der Waals surface area contributed by atoms with Gasteiger partial charge in [0.2, 0.25) is 0 Å². The topological polar surface area (TPSA) is 26.0 Å². The first-order chi connectivity index (χ1) is 9.31. The zero-order valence-corrected chi connectivity index (χ0v) is 14.7. The molecule has 20 heavy (non-hydrogen) atoms. The third kappa shape index (κ3) is 3.42. The summed E-state index contributed by atoms with van der Waals surface area (Å²) in [6.07, 6.45) is 0.479. The van der Waals surface area contributed by atoms with Crippen molar-refractivity contribution in [3.8, 4) is 0 Å². The minimum absolute atomic E-state index is 0.291. The van der Waals surface area contributed by atoms with Crippen molar-refractivity contribution >= 4 is 43.5 Å². The number of nitrogens with two attached hydrogens (primary N) is 1. The van der Waals surface area contributed by atoms with E-state index in [1.54, 1.807) is 6.07 Å². The molecule has 0 amide bonds. The maximum absolute atomic E-state index is 13.6. The smallest absolute Gasteiger partial charge is 0.137 e. The summed E-state index contributed by atoms with van der Waals surface area (Å²) in [7, 11) is 0. The van der Waals surface area contributed by atoms with Crippen molar-refractivity contribution < 1.29 is 4.39 Å². The van der Waals surface area contributed by atoms with Crippen LogP contribution in [-0.2, 0) is 12.0 Å². The summed E-state index contributed by atoms with van der Waals surface area (Å²) in [5.74, 6) is -0.291. The third-order valence-corrected chi connectivity index (χ3v) is 4.83. The van der Waals surface area contributed by atoms with E-state index in [1.165, 1.54) is 6.07 Å². The minimum Gasteiger partial charge on any atom is -0.321 e. The highest BCUT2D eigenvalue weighted by molar-refractivity contribution is 9.10. The predicted octanol–water partition coefficient (Wildman–Crippen LogP) is 5.42. The lowest BCUT2D eigenvalue weighted by Crippen LogP contribution is -2.36. The summed E-state index contributed by atoms with van der Waals surface area (Å²) in [6, 6.07) is 10.5. The van der Waals surface area contributed by atoms with Crippen LogP contribution in [0.5, 0.6) is 0 Å². The van der Waals surface area contributed by atoms with Crippen LogP contribution in [0.3, 0.4) is 0 Å². The van der Waals surface area contributed by atoms with Crippen LogP contribution in [0.25, 0.3) is 0 Å². The van der Waals surface area contributed by atoms with Gasteiger partial charge in [-0.15, -0.1) is 0 Å². The SMILES string of the molecule is CC(N)(Cc1cccc(F)c1Br)c1ccc(Br)cc1Cl. The number of benzene rings is 2. The van der Waals surface area contributed by atoms with Crippen LogP contribution >= 0.6 is 43.5 Å². The molecular weight excluding hydrogens is 408 g/mol. The summed E-state index contributed by atoms with van der Waals surface area (Å²) < 4.78 is 14.9. The molecule has 1 atom stereocenters. The average Bonchev–Trinajstić information content (AvgIpc) is 2.34. The Labute approximate surface area is 139 Å². The fourth-order valence-electron chi connectivity index (χ4n) is 2.13. The Kier molecular flexibility index (Phi) is 4.90. The number of hydrogen-bond donors (Lipinski definition) is 1. The van der Waals surface area contributed by atoms with Crippen LogP contribution < -0.4 is 5.73 Å². The van der Waals surface area contributed by atoms with E-state index in [2.05, 4.69) is 31.9 Å². The Morgan fingerprint density at radius 3 is 2.60 bits per heavy atom. The molecular formula is C15H13Br2ClFN. The molecule has 0 heterocycles. The van der Waals surface area contributed by atoms with Crippen LogP contribution in [-0.4, -0.2) is 0 Å². The fraction of sp³-hybridized carbons (Fsp3) is 0.200. The second-order valence-electron chi connectivity index (χ2n) is 4.93. The van der Waals surface area contributed by atoms with E-state index in [0.29, 0.717) is 15.9 Å². The van der Waals surface area contributed by atoms with Crippen molar-refractivity contribution in [2.75, 3.05) is 0 Å².